The Kier molecular flexibility index (Phi) is 4.06. The molecule has 0 bridgehead atoms. The van der Waals surface area contributed by atoms with Crippen molar-refractivity contribution in [1.29, 1.82) is 0 Å². The van der Waals surface area contributed by atoms with Gasteiger partial charge in [-0.15, -0.1) is 0 Å². The van der Waals surface area contributed by atoms with Gasteiger partial charge in [0, 0.05) is 24.7 Å². The first-order valence-corrected chi connectivity index (χ1v) is 8.68. The van der Waals surface area contributed by atoms with Gasteiger partial charge in [0.2, 0.25) is 0 Å². The van der Waals surface area contributed by atoms with Gasteiger partial charge in [0.25, 0.3) is 5.91 Å². The van der Waals surface area contributed by atoms with Gasteiger partial charge in [0.15, 0.2) is 5.82 Å². The number of aromatic amines is 1. The number of rotatable bonds is 5. The lowest BCUT2D eigenvalue weighted by Crippen LogP contribution is -2.37. The molecule has 0 radical (unpaired) electrons. The fourth-order valence-electron chi connectivity index (χ4n) is 3.48. The molecule has 4 rings (SSSR count). The van der Waals surface area contributed by atoms with Crippen molar-refractivity contribution in [2.45, 2.75) is 38.3 Å². The Morgan fingerprint density at radius 1 is 1.33 bits per heavy atom. The molecule has 2 atom stereocenters. The van der Waals surface area contributed by atoms with Gasteiger partial charge in [-0.25, -0.2) is 4.98 Å². The first-order valence-electron chi connectivity index (χ1n) is 8.68. The average Bonchev–Trinajstić information content (AvgIpc) is 3.16. The van der Waals surface area contributed by atoms with Crippen molar-refractivity contribution in [3.8, 4) is 0 Å². The van der Waals surface area contributed by atoms with Crippen LogP contribution < -0.4 is 5.32 Å². The summed E-state index contributed by atoms with van der Waals surface area (Å²) in [7, 11) is 0. The van der Waals surface area contributed by atoms with Crippen molar-refractivity contribution in [2.24, 2.45) is 5.92 Å². The van der Waals surface area contributed by atoms with Crippen molar-refractivity contribution < 1.29 is 4.79 Å². The molecule has 1 aromatic carbocycles. The molecule has 24 heavy (non-hydrogen) atoms. The molecule has 1 amide bonds. The largest absolute Gasteiger partial charge is 0.348 e. The minimum Gasteiger partial charge on any atom is -0.348 e. The zero-order valence-electron chi connectivity index (χ0n) is 13.9. The van der Waals surface area contributed by atoms with Crippen LogP contribution in [0, 0.1) is 12.8 Å². The van der Waals surface area contributed by atoms with Crippen LogP contribution >= 0.6 is 0 Å². The second-order valence-electron chi connectivity index (χ2n) is 6.96. The number of amides is 1. The molecular formula is C18H23N5O. The van der Waals surface area contributed by atoms with Crippen molar-refractivity contribution in [2.75, 3.05) is 13.1 Å². The minimum absolute atomic E-state index is 0.00112. The number of H-pyrrole nitrogens is 1. The second kappa shape index (κ2) is 6.36. The van der Waals surface area contributed by atoms with Crippen LogP contribution in [0.25, 0.3) is 0 Å². The standard InChI is InChI=1S/C18H23N5O/c1-12-19-17(22-21-12)16-9-15(11-23(16)10-13-7-8-13)20-18(24)14-5-3-2-4-6-14/h2-6,13,15-16H,7-11H2,1H3,(H,20,24)(H,19,21,22)/t15-,16-/m0/s1. The van der Waals surface area contributed by atoms with Crippen LogP contribution in [0.5, 0.6) is 0 Å². The summed E-state index contributed by atoms with van der Waals surface area (Å²) in [6, 6.07) is 9.73. The summed E-state index contributed by atoms with van der Waals surface area (Å²) in [5.74, 6) is 2.49. The maximum atomic E-state index is 12.4. The number of carbonyl (C=O) groups is 1. The SMILES string of the molecule is Cc1nc([C@@H]2C[C@H](NC(=O)c3ccccc3)CN2CC2CC2)n[nH]1. The van der Waals surface area contributed by atoms with Gasteiger partial charge in [-0.05, 0) is 44.2 Å². The molecule has 1 aliphatic heterocycles. The zero-order valence-corrected chi connectivity index (χ0v) is 13.9. The smallest absolute Gasteiger partial charge is 0.251 e. The molecule has 1 aliphatic carbocycles. The molecule has 6 heteroatoms. The van der Waals surface area contributed by atoms with E-state index in [1.807, 2.05) is 37.3 Å². The molecule has 2 fully saturated rings. The van der Waals surface area contributed by atoms with Gasteiger partial charge in [-0.1, -0.05) is 18.2 Å². The third-order valence-electron chi connectivity index (χ3n) is 4.88. The van der Waals surface area contributed by atoms with Crippen molar-refractivity contribution in [3.05, 3.63) is 47.5 Å². The Bertz CT molecular complexity index is 709. The molecule has 2 heterocycles. The van der Waals surface area contributed by atoms with E-state index in [-0.39, 0.29) is 18.0 Å². The number of hydrogen-bond acceptors (Lipinski definition) is 4. The molecule has 0 unspecified atom stereocenters. The third-order valence-corrected chi connectivity index (χ3v) is 4.88. The minimum atomic E-state index is -0.00112. The number of aryl methyl sites for hydroxylation is 1. The molecule has 0 spiro atoms. The van der Waals surface area contributed by atoms with Crippen molar-refractivity contribution >= 4 is 5.91 Å². The summed E-state index contributed by atoms with van der Waals surface area (Å²) in [6.07, 6.45) is 3.50. The number of aromatic nitrogens is 3. The molecule has 2 aliphatic rings. The normalized spacial score (nSPS) is 24.2. The number of nitrogens with zero attached hydrogens (tertiary/aromatic N) is 3. The number of hydrogen-bond donors (Lipinski definition) is 2. The highest BCUT2D eigenvalue weighted by molar-refractivity contribution is 5.94. The van der Waals surface area contributed by atoms with Crippen LogP contribution in [0.2, 0.25) is 0 Å². The van der Waals surface area contributed by atoms with E-state index in [0.29, 0.717) is 5.56 Å². The summed E-state index contributed by atoms with van der Waals surface area (Å²) < 4.78 is 0. The average molecular weight is 325 g/mol. The number of benzene rings is 1. The number of likely N-dealkylation sites (tertiary alicyclic amines) is 1. The summed E-state index contributed by atoms with van der Waals surface area (Å²) in [4.78, 5) is 19.4. The van der Waals surface area contributed by atoms with E-state index in [1.165, 1.54) is 12.8 Å². The molecule has 2 N–H and O–H groups in total. The first-order chi connectivity index (χ1) is 11.7. The number of nitrogens with one attached hydrogen (secondary N) is 2. The summed E-state index contributed by atoms with van der Waals surface area (Å²) in [5.41, 5.74) is 0.712. The molecule has 126 valence electrons. The summed E-state index contributed by atoms with van der Waals surface area (Å²) in [6.45, 7) is 3.87. The Morgan fingerprint density at radius 2 is 2.12 bits per heavy atom. The lowest BCUT2D eigenvalue weighted by atomic mass is 10.1. The molecule has 1 saturated heterocycles. The lowest BCUT2D eigenvalue weighted by Gasteiger charge is -2.21. The van der Waals surface area contributed by atoms with Gasteiger partial charge < -0.3 is 5.32 Å². The second-order valence-corrected chi connectivity index (χ2v) is 6.96. The quantitative estimate of drug-likeness (QED) is 0.882. The lowest BCUT2D eigenvalue weighted by molar-refractivity contribution is 0.0937. The van der Waals surface area contributed by atoms with Crippen LogP contribution in [-0.2, 0) is 0 Å². The van der Waals surface area contributed by atoms with Crippen molar-refractivity contribution in [1.82, 2.24) is 25.4 Å². The zero-order chi connectivity index (χ0) is 16.5. The third kappa shape index (κ3) is 3.33. The fraction of sp³-hybridized carbons (Fsp3) is 0.500. The topological polar surface area (TPSA) is 73.9 Å². The van der Waals surface area contributed by atoms with Crippen LogP contribution in [0.4, 0.5) is 0 Å². The Morgan fingerprint density at radius 3 is 2.79 bits per heavy atom. The van der Waals surface area contributed by atoms with E-state index in [1.54, 1.807) is 0 Å². The van der Waals surface area contributed by atoms with E-state index in [2.05, 4.69) is 25.4 Å². The maximum absolute atomic E-state index is 12.4. The van der Waals surface area contributed by atoms with Gasteiger partial charge in [0.05, 0.1) is 6.04 Å². The molecule has 2 aromatic rings. The first kappa shape index (κ1) is 15.3. The molecule has 1 saturated carbocycles. The summed E-state index contributed by atoms with van der Waals surface area (Å²) in [5, 5.41) is 10.5. The van der Waals surface area contributed by atoms with Crippen LogP contribution in [0.3, 0.4) is 0 Å². The van der Waals surface area contributed by atoms with E-state index in [0.717, 1.165) is 37.1 Å². The van der Waals surface area contributed by atoms with Crippen molar-refractivity contribution in [3.63, 3.8) is 0 Å². The van der Waals surface area contributed by atoms with Gasteiger partial charge in [-0.2, -0.15) is 5.10 Å². The van der Waals surface area contributed by atoms with Crippen LogP contribution in [0.1, 0.15) is 47.3 Å². The van der Waals surface area contributed by atoms with Gasteiger partial charge in [-0.3, -0.25) is 14.8 Å². The van der Waals surface area contributed by atoms with E-state index in [4.69, 9.17) is 0 Å². The Balaban J connectivity index is 1.46. The number of carbonyl (C=O) groups excluding carboxylic acids is 1. The predicted molar refractivity (Wildman–Crippen MR) is 90.5 cm³/mol. The van der Waals surface area contributed by atoms with E-state index < -0.39 is 0 Å². The highest BCUT2D eigenvalue weighted by atomic mass is 16.1. The fourth-order valence-corrected chi connectivity index (χ4v) is 3.48. The molecular weight excluding hydrogens is 302 g/mol. The Labute approximate surface area is 141 Å². The van der Waals surface area contributed by atoms with Gasteiger partial charge >= 0.3 is 0 Å². The predicted octanol–water partition coefficient (Wildman–Crippen LogP) is 2.07. The van der Waals surface area contributed by atoms with Gasteiger partial charge in [0.1, 0.15) is 5.82 Å². The molecule has 1 aromatic heterocycles. The molecule has 6 nitrogen and oxygen atoms in total. The van der Waals surface area contributed by atoms with Crippen LogP contribution in [0.15, 0.2) is 30.3 Å². The van der Waals surface area contributed by atoms with E-state index in [9.17, 15) is 4.79 Å². The maximum Gasteiger partial charge on any atom is 0.251 e. The highest BCUT2D eigenvalue weighted by Crippen LogP contribution is 2.36. The Hall–Kier alpha value is -2.21. The highest BCUT2D eigenvalue weighted by Gasteiger charge is 2.38. The summed E-state index contributed by atoms with van der Waals surface area (Å²) >= 11 is 0. The monoisotopic (exact) mass is 325 g/mol. The van der Waals surface area contributed by atoms with Crippen LogP contribution in [-0.4, -0.2) is 45.1 Å². The van der Waals surface area contributed by atoms with E-state index >= 15 is 0 Å².